The lowest BCUT2D eigenvalue weighted by molar-refractivity contribution is -0.0373. The van der Waals surface area contributed by atoms with Crippen molar-refractivity contribution in [2.45, 2.75) is 26.3 Å². The number of hydrogen-bond acceptors (Lipinski definition) is 3. The predicted octanol–water partition coefficient (Wildman–Crippen LogP) is 2.78. The molecule has 0 saturated carbocycles. The number of aromatic amines is 1. The number of amides is 1. The van der Waals surface area contributed by atoms with Gasteiger partial charge in [-0.25, -0.2) is 4.39 Å². The van der Waals surface area contributed by atoms with Crippen LogP contribution in [-0.4, -0.2) is 46.3 Å². The first-order chi connectivity index (χ1) is 10.9. The average Bonchev–Trinajstić information content (AvgIpc) is 2.99. The maximum Gasteiger partial charge on any atom is 0.272 e. The molecule has 1 aliphatic rings. The van der Waals surface area contributed by atoms with Crippen molar-refractivity contribution in [3.8, 4) is 11.3 Å². The molecule has 0 aliphatic carbocycles. The SMILES string of the molecule is Cc1cc(-c2cc(C(=O)N3CCOCC3(C)C)[nH]n2)ccc1F. The highest BCUT2D eigenvalue weighted by Gasteiger charge is 2.35. The molecular formula is C17H20FN3O2. The summed E-state index contributed by atoms with van der Waals surface area (Å²) in [5.74, 6) is -0.355. The fourth-order valence-corrected chi connectivity index (χ4v) is 2.76. The van der Waals surface area contributed by atoms with Crippen molar-refractivity contribution in [3.05, 3.63) is 41.3 Å². The summed E-state index contributed by atoms with van der Waals surface area (Å²) in [4.78, 5) is 14.5. The Morgan fingerprint density at radius 3 is 2.87 bits per heavy atom. The molecule has 1 amide bonds. The third-order valence-corrected chi connectivity index (χ3v) is 4.15. The van der Waals surface area contributed by atoms with Crippen LogP contribution in [0.2, 0.25) is 0 Å². The first-order valence-electron chi connectivity index (χ1n) is 7.60. The molecule has 122 valence electrons. The summed E-state index contributed by atoms with van der Waals surface area (Å²) in [5, 5.41) is 6.99. The molecule has 0 unspecified atom stereocenters. The predicted molar refractivity (Wildman–Crippen MR) is 84.7 cm³/mol. The van der Waals surface area contributed by atoms with Gasteiger partial charge in [0.25, 0.3) is 5.91 Å². The van der Waals surface area contributed by atoms with E-state index in [1.165, 1.54) is 6.07 Å². The molecule has 2 heterocycles. The normalized spacial score (nSPS) is 17.3. The summed E-state index contributed by atoms with van der Waals surface area (Å²) in [6.07, 6.45) is 0. The van der Waals surface area contributed by atoms with Crippen molar-refractivity contribution in [1.82, 2.24) is 15.1 Å². The third kappa shape index (κ3) is 2.99. The minimum atomic E-state index is -0.354. The number of aromatic nitrogens is 2. The van der Waals surface area contributed by atoms with Crippen molar-refractivity contribution in [2.75, 3.05) is 19.8 Å². The molecule has 1 N–H and O–H groups in total. The van der Waals surface area contributed by atoms with Gasteiger partial charge in [-0.05, 0) is 50.6 Å². The lowest BCUT2D eigenvalue weighted by Gasteiger charge is -2.41. The molecule has 3 rings (SSSR count). The molecule has 0 radical (unpaired) electrons. The number of nitrogens with zero attached hydrogens (tertiary/aromatic N) is 2. The van der Waals surface area contributed by atoms with Crippen molar-refractivity contribution in [2.24, 2.45) is 0 Å². The second-order valence-corrected chi connectivity index (χ2v) is 6.45. The number of ether oxygens (including phenoxy) is 1. The van der Waals surface area contributed by atoms with Gasteiger partial charge in [0.05, 0.1) is 24.4 Å². The van der Waals surface area contributed by atoms with Crippen LogP contribution < -0.4 is 0 Å². The molecule has 1 aromatic heterocycles. The van der Waals surface area contributed by atoms with Gasteiger partial charge >= 0.3 is 0 Å². The molecule has 0 atom stereocenters. The summed E-state index contributed by atoms with van der Waals surface area (Å²) in [6.45, 7) is 7.25. The van der Waals surface area contributed by atoms with E-state index in [-0.39, 0.29) is 17.3 Å². The number of morpholine rings is 1. The Balaban J connectivity index is 1.86. The first kappa shape index (κ1) is 15.7. The summed E-state index contributed by atoms with van der Waals surface area (Å²) in [7, 11) is 0. The van der Waals surface area contributed by atoms with E-state index in [1.807, 2.05) is 13.8 Å². The zero-order valence-electron chi connectivity index (χ0n) is 13.5. The standard InChI is InChI=1S/C17H20FN3O2/c1-11-8-12(4-5-13(11)18)14-9-15(20-19-14)16(22)21-6-7-23-10-17(21,2)3/h4-5,8-9H,6-7,10H2,1-3H3,(H,19,20). The highest BCUT2D eigenvalue weighted by atomic mass is 19.1. The molecule has 1 saturated heterocycles. The summed E-state index contributed by atoms with van der Waals surface area (Å²) >= 11 is 0. The van der Waals surface area contributed by atoms with Crippen LogP contribution in [0.4, 0.5) is 4.39 Å². The molecular weight excluding hydrogens is 297 g/mol. The van der Waals surface area contributed by atoms with E-state index in [2.05, 4.69) is 10.2 Å². The van der Waals surface area contributed by atoms with E-state index >= 15 is 0 Å². The zero-order valence-corrected chi connectivity index (χ0v) is 13.5. The van der Waals surface area contributed by atoms with Gasteiger partial charge in [-0.3, -0.25) is 9.89 Å². The second kappa shape index (κ2) is 5.77. The van der Waals surface area contributed by atoms with E-state index in [0.29, 0.717) is 36.7 Å². The molecule has 0 spiro atoms. The molecule has 2 aromatic rings. The zero-order chi connectivity index (χ0) is 16.6. The number of benzene rings is 1. The van der Waals surface area contributed by atoms with E-state index in [1.54, 1.807) is 30.0 Å². The van der Waals surface area contributed by atoms with Gasteiger partial charge in [-0.2, -0.15) is 5.10 Å². The second-order valence-electron chi connectivity index (χ2n) is 6.45. The highest BCUT2D eigenvalue weighted by molar-refractivity contribution is 5.94. The summed E-state index contributed by atoms with van der Waals surface area (Å²) in [5.41, 5.74) is 2.03. The minimum Gasteiger partial charge on any atom is -0.377 e. The Hall–Kier alpha value is -2.21. The number of carbonyl (C=O) groups excluding carboxylic acids is 1. The maximum atomic E-state index is 13.4. The van der Waals surface area contributed by atoms with Crippen LogP contribution in [0.25, 0.3) is 11.3 Å². The number of halogens is 1. The van der Waals surface area contributed by atoms with Crippen molar-refractivity contribution in [3.63, 3.8) is 0 Å². The van der Waals surface area contributed by atoms with Gasteiger partial charge in [0, 0.05) is 12.1 Å². The van der Waals surface area contributed by atoms with Crippen molar-refractivity contribution < 1.29 is 13.9 Å². The first-order valence-corrected chi connectivity index (χ1v) is 7.60. The Morgan fingerprint density at radius 2 is 2.17 bits per heavy atom. The van der Waals surface area contributed by atoms with E-state index < -0.39 is 0 Å². The van der Waals surface area contributed by atoms with E-state index in [4.69, 9.17) is 4.74 Å². The smallest absolute Gasteiger partial charge is 0.272 e. The molecule has 1 aromatic carbocycles. The topological polar surface area (TPSA) is 58.2 Å². The Bertz CT molecular complexity index is 739. The fraction of sp³-hybridized carbons (Fsp3) is 0.412. The lowest BCUT2D eigenvalue weighted by Crippen LogP contribution is -2.55. The van der Waals surface area contributed by atoms with Crippen LogP contribution in [0.3, 0.4) is 0 Å². The number of rotatable bonds is 2. The van der Waals surface area contributed by atoms with E-state index in [0.717, 1.165) is 5.56 Å². The average molecular weight is 317 g/mol. The number of nitrogens with one attached hydrogen (secondary N) is 1. The van der Waals surface area contributed by atoms with E-state index in [9.17, 15) is 9.18 Å². The Labute approximate surface area is 134 Å². The monoisotopic (exact) mass is 317 g/mol. The van der Waals surface area contributed by atoms with Crippen molar-refractivity contribution in [1.29, 1.82) is 0 Å². The largest absolute Gasteiger partial charge is 0.377 e. The fourth-order valence-electron chi connectivity index (χ4n) is 2.76. The molecule has 5 nitrogen and oxygen atoms in total. The van der Waals surface area contributed by atoms with Gasteiger partial charge in [0.2, 0.25) is 0 Å². The number of H-pyrrole nitrogens is 1. The Morgan fingerprint density at radius 1 is 1.39 bits per heavy atom. The molecule has 1 fully saturated rings. The maximum absolute atomic E-state index is 13.4. The van der Waals surface area contributed by atoms with Crippen LogP contribution in [0, 0.1) is 12.7 Å². The Kier molecular flexibility index (Phi) is 3.93. The van der Waals surface area contributed by atoms with Crippen LogP contribution in [0.1, 0.15) is 29.9 Å². The number of carbonyl (C=O) groups is 1. The van der Waals surface area contributed by atoms with Gasteiger partial charge in [0.15, 0.2) is 0 Å². The van der Waals surface area contributed by atoms with Crippen LogP contribution in [0.5, 0.6) is 0 Å². The van der Waals surface area contributed by atoms with Crippen LogP contribution in [-0.2, 0) is 4.74 Å². The lowest BCUT2D eigenvalue weighted by atomic mass is 10.0. The quantitative estimate of drug-likeness (QED) is 0.926. The molecule has 1 aliphatic heterocycles. The summed E-state index contributed by atoms with van der Waals surface area (Å²) in [6, 6.07) is 6.50. The highest BCUT2D eigenvalue weighted by Crippen LogP contribution is 2.24. The van der Waals surface area contributed by atoms with Crippen LogP contribution >= 0.6 is 0 Å². The van der Waals surface area contributed by atoms with Crippen molar-refractivity contribution >= 4 is 5.91 Å². The van der Waals surface area contributed by atoms with Crippen LogP contribution in [0.15, 0.2) is 24.3 Å². The van der Waals surface area contributed by atoms with Gasteiger partial charge in [-0.1, -0.05) is 0 Å². The molecule has 23 heavy (non-hydrogen) atoms. The number of aryl methyl sites for hydroxylation is 1. The van der Waals surface area contributed by atoms with Gasteiger partial charge in [-0.15, -0.1) is 0 Å². The minimum absolute atomic E-state index is 0.101. The summed E-state index contributed by atoms with van der Waals surface area (Å²) < 4.78 is 18.8. The molecule has 0 bridgehead atoms. The third-order valence-electron chi connectivity index (χ3n) is 4.15. The van der Waals surface area contributed by atoms with Gasteiger partial charge < -0.3 is 9.64 Å². The van der Waals surface area contributed by atoms with Gasteiger partial charge in [0.1, 0.15) is 11.5 Å². The number of hydrogen-bond donors (Lipinski definition) is 1. The molecule has 6 heteroatoms.